The fourth-order valence-electron chi connectivity index (χ4n) is 1.65. The molecule has 0 bridgehead atoms. The summed E-state index contributed by atoms with van der Waals surface area (Å²) in [5.74, 6) is 1.11. The van der Waals surface area contributed by atoms with E-state index in [-0.39, 0.29) is 0 Å². The third-order valence-electron chi connectivity index (χ3n) is 2.40. The Kier molecular flexibility index (Phi) is 2.68. The highest BCUT2D eigenvalue weighted by Gasteiger charge is 2.04. The third-order valence-corrected chi connectivity index (χ3v) is 2.40. The fraction of sp³-hybridized carbons (Fsp3) is 0.231. The Balaban J connectivity index is 2.19. The molecular formula is C13H14O. The van der Waals surface area contributed by atoms with Crippen LogP contribution in [0, 0.1) is 0 Å². The number of furan rings is 1. The van der Waals surface area contributed by atoms with Crippen molar-refractivity contribution in [3.63, 3.8) is 0 Å². The molecule has 0 aliphatic heterocycles. The van der Waals surface area contributed by atoms with Crippen molar-refractivity contribution in [2.45, 2.75) is 19.8 Å². The van der Waals surface area contributed by atoms with Gasteiger partial charge in [0.1, 0.15) is 5.76 Å². The summed E-state index contributed by atoms with van der Waals surface area (Å²) in [6.07, 6.45) is 3.72. The van der Waals surface area contributed by atoms with Gasteiger partial charge in [-0.2, -0.15) is 0 Å². The van der Waals surface area contributed by atoms with Crippen LogP contribution < -0.4 is 0 Å². The van der Waals surface area contributed by atoms with Crippen LogP contribution in [0.2, 0.25) is 0 Å². The molecule has 0 amide bonds. The Morgan fingerprint density at radius 2 is 1.86 bits per heavy atom. The molecule has 0 atom stereocenters. The average molecular weight is 186 g/mol. The number of hydrogen-bond acceptors (Lipinski definition) is 1. The van der Waals surface area contributed by atoms with E-state index < -0.39 is 0 Å². The van der Waals surface area contributed by atoms with E-state index in [0.717, 1.165) is 18.6 Å². The summed E-state index contributed by atoms with van der Waals surface area (Å²) in [5, 5.41) is 0. The Morgan fingerprint density at radius 1 is 1.07 bits per heavy atom. The molecule has 0 fully saturated rings. The van der Waals surface area contributed by atoms with Gasteiger partial charge in [-0.05, 0) is 17.2 Å². The second-order valence-electron chi connectivity index (χ2n) is 3.38. The first-order chi connectivity index (χ1) is 6.90. The molecule has 2 aromatic rings. The summed E-state index contributed by atoms with van der Waals surface area (Å²) in [6, 6.07) is 12.5. The summed E-state index contributed by atoms with van der Waals surface area (Å²) < 4.78 is 5.39. The lowest BCUT2D eigenvalue weighted by molar-refractivity contribution is 0.512. The van der Waals surface area contributed by atoms with E-state index in [1.54, 1.807) is 6.26 Å². The molecule has 1 heterocycles. The smallest absolute Gasteiger partial charge is 0.107 e. The molecule has 0 radical (unpaired) electrons. The summed E-state index contributed by atoms with van der Waals surface area (Å²) in [5.41, 5.74) is 2.64. The molecule has 2 rings (SSSR count). The molecular weight excluding hydrogens is 172 g/mol. The van der Waals surface area contributed by atoms with E-state index >= 15 is 0 Å². The number of hydrogen-bond donors (Lipinski definition) is 0. The van der Waals surface area contributed by atoms with Crippen LogP contribution in [0.3, 0.4) is 0 Å². The van der Waals surface area contributed by atoms with Crippen LogP contribution in [-0.4, -0.2) is 0 Å². The zero-order valence-corrected chi connectivity index (χ0v) is 8.36. The molecule has 0 unspecified atom stereocenters. The van der Waals surface area contributed by atoms with E-state index in [4.69, 9.17) is 4.42 Å². The van der Waals surface area contributed by atoms with Gasteiger partial charge in [-0.1, -0.05) is 37.3 Å². The van der Waals surface area contributed by atoms with Crippen LogP contribution in [0.1, 0.15) is 23.8 Å². The summed E-state index contributed by atoms with van der Waals surface area (Å²) in [4.78, 5) is 0. The van der Waals surface area contributed by atoms with E-state index in [9.17, 15) is 0 Å². The Hall–Kier alpha value is -1.50. The van der Waals surface area contributed by atoms with Gasteiger partial charge in [-0.25, -0.2) is 0 Å². The highest BCUT2D eigenvalue weighted by atomic mass is 16.3. The molecule has 0 saturated heterocycles. The topological polar surface area (TPSA) is 13.1 Å². The van der Waals surface area contributed by atoms with E-state index in [2.05, 4.69) is 37.3 Å². The summed E-state index contributed by atoms with van der Waals surface area (Å²) in [6.45, 7) is 2.12. The average Bonchev–Trinajstić information content (AvgIpc) is 2.67. The molecule has 0 aliphatic rings. The van der Waals surface area contributed by atoms with Gasteiger partial charge >= 0.3 is 0 Å². The fourth-order valence-corrected chi connectivity index (χ4v) is 1.65. The van der Waals surface area contributed by atoms with Crippen LogP contribution >= 0.6 is 0 Å². The lowest BCUT2D eigenvalue weighted by atomic mass is 10.1. The van der Waals surface area contributed by atoms with Crippen molar-refractivity contribution in [3.8, 4) is 0 Å². The molecule has 0 aliphatic carbocycles. The minimum Gasteiger partial charge on any atom is -0.469 e. The van der Waals surface area contributed by atoms with E-state index in [1.807, 2.05) is 6.07 Å². The molecule has 1 aromatic carbocycles. The Bertz CT molecular complexity index is 387. The Morgan fingerprint density at radius 3 is 2.57 bits per heavy atom. The van der Waals surface area contributed by atoms with E-state index in [1.165, 1.54) is 11.1 Å². The standard InChI is InChI=1S/C13H14O/c1-2-13-12(8-9-14-13)10-11-6-4-3-5-7-11/h3-9H,2,10H2,1H3. The van der Waals surface area contributed by atoms with Crippen molar-refractivity contribution in [2.75, 3.05) is 0 Å². The zero-order valence-electron chi connectivity index (χ0n) is 8.36. The van der Waals surface area contributed by atoms with Crippen LogP contribution in [0.4, 0.5) is 0 Å². The second-order valence-corrected chi connectivity index (χ2v) is 3.38. The van der Waals surface area contributed by atoms with Crippen molar-refractivity contribution in [2.24, 2.45) is 0 Å². The first kappa shape index (κ1) is 9.07. The maximum absolute atomic E-state index is 5.39. The molecule has 0 spiro atoms. The lowest BCUT2D eigenvalue weighted by Crippen LogP contribution is -1.89. The zero-order chi connectivity index (χ0) is 9.80. The maximum atomic E-state index is 5.39. The van der Waals surface area contributed by atoms with E-state index in [0.29, 0.717) is 0 Å². The summed E-state index contributed by atoms with van der Waals surface area (Å²) >= 11 is 0. The van der Waals surface area contributed by atoms with Crippen molar-refractivity contribution in [1.82, 2.24) is 0 Å². The highest BCUT2D eigenvalue weighted by molar-refractivity contribution is 5.27. The minimum atomic E-state index is 0.967. The van der Waals surface area contributed by atoms with Crippen LogP contribution in [-0.2, 0) is 12.8 Å². The first-order valence-corrected chi connectivity index (χ1v) is 4.99. The monoisotopic (exact) mass is 186 g/mol. The first-order valence-electron chi connectivity index (χ1n) is 4.99. The molecule has 1 aromatic heterocycles. The quantitative estimate of drug-likeness (QED) is 0.715. The number of rotatable bonds is 3. The van der Waals surface area contributed by atoms with Crippen LogP contribution in [0.5, 0.6) is 0 Å². The Labute approximate surface area is 84.4 Å². The van der Waals surface area contributed by atoms with Crippen LogP contribution in [0.15, 0.2) is 47.1 Å². The molecule has 14 heavy (non-hydrogen) atoms. The third kappa shape index (κ3) is 1.87. The van der Waals surface area contributed by atoms with Gasteiger partial charge < -0.3 is 4.42 Å². The summed E-state index contributed by atoms with van der Waals surface area (Å²) in [7, 11) is 0. The minimum absolute atomic E-state index is 0.967. The van der Waals surface area contributed by atoms with Crippen molar-refractivity contribution in [3.05, 3.63) is 59.5 Å². The second kappa shape index (κ2) is 4.14. The van der Waals surface area contributed by atoms with Crippen molar-refractivity contribution >= 4 is 0 Å². The van der Waals surface area contributed by atoms with Gasteiger partial charge in [0.25, 0.3) is 0 Å². The van der Waals surface area contributed by atoms with Crippen molar-refractivity contribution < 1.29 is 4.42 Å². The molecule has 72 valence electrons. The maximum Gasteiger partial charge on any atom is 0.107 e. The number of benzene rings is 1. The molecule has 0 saturated carbocycles. The van der Waals surface area contributed by atoms with Gasteiger partial charge in [0.05, 0.1) is 6.26 Å². The normalized spacial score (nSPS) is 10.4. The van der Waals surface area contributed by atoms with Gasteiger partial charge in [-0.15, -0.1) is 0 Å². The largest absolute Gasteiger partial charge is 0.469 e. The predicted octanol–water partition coefficient (Wildman–Crippen LogP) is 3.43. The molecule has 0 N–H and O–H groups in total. The van der Waals surface area contributed by atoms with Crippen molar-refractivity contribution in [1.29, 1.82) is 0 Å². The van der Waals surface area contributed by atoms with Crippen LogP contribution in [0.25, 0.3) is 0 Å². The van der Waals surface area contributed by atoms with Gasteiger partial charge in [-0.3, -0.25) is 0 Å². The SMILES string of the molecule is CCc1occc1Cc1ccccc1. The van der Waals surface area contributed by atoms with Gasteiger partial charge in [0, 0.05) is 12.8 Å². The lowest BCUT2D eigenvalue weighted by Gasteiger charge is -2.00. The predicted molar refractivity (Wildman–Crippen MR) is 57.3 cm³/mol. The highest BCUT2D eigenvalue weighted by Crippen LogP contribution is 2.15. The number of aryl methyl sites for hydroxylation is 1. The van der Waals surface area contributed by atoms with Gasteiger partial charge in [0.2, 0.25) is 0 Å². The van der Waals surface area contributed by atoms with Gasteiger partial charge in [0.15, 0.2) is 0 Å². The molecule has 1 heteroatoms. The molecule has 1 nitrogen and oxygen atoms in total.